The SMILES string of the molecule is COc1cc(CNCc2ccco2)ccc1F. The van der Waals surface area contributed by atoms with Crippen molar-refractivity contribution < 1.29 is 13.5 Å². The number of furan rings is 1. The Morgan fingerprint density at radius 3 is 2.88 bits per heavy atom. The van der Waals surface area contributed by atoms with E-state index in [9.17, 15) is 4.39 Å². The summed E-state index contributed by atoms with van der Waals surface area (Å²) in [5, 5.41) is 3.20. The van der Waals surface area contributed by atoms with Crippen LogP contribution in [0.3, 0.4) is 0 Å². The van der Waals surface area contributed by atoms with Crippen LogP contribution in [0.25, 0.3) is 0 Å². The monoisotopic (exact) mass is 235 g/mol. The molecule has 0 bridgehead atoms. The van der Waals surface area contributed by atoms with Crippen molar-refractivity contribution in [3.63, 3.8) is 0 Å². The van der Waals surface area contributed by atoms with E-state index in [-0.39, 0.29) is 11.6 Å². The molecule has 0 atom stereocenters. The fourth-order valence-corrected chi connectivity index (χ4v) is 1.56. The maximum atomic E-state index is 13.2. The van der Waals surface area contributed by atoms with E-state index >= 15 is 0 Å². The first-order chi connectivity index (χ1) is 8.29. The third kappa shape index (κ3) is 3.07. The van der Waals surface area contributed by atoms with Crippen LogP contribution in [0, 0.1) is 5.82 Å². The van der Waals surface area contributed by atoms with E-state index in [0.717, 1.165) is 11.3 Å². The van der Waals surface area contributed by atoms with Gasteiger partial charge in [-0.2, -0.15) is 0 Å². The normalized spacial score (nSPS) is 10.5. The van der Waals surface area contributed by atoms with Crippen LogP contribution < -0.4 is 10.1 Å². The summed E-state index contributed by atoms with van der Waals surface area (Å²) in [4.78, 5) is 0. The van der Waals surface area contributed by atoms with Crippen LogP contribution in [0.5, 0.6) is 5.75 Å². The Bertz CT molecular complexity index is 468. The second-order valence-electron chi connectivity index (χ2n) is 3.65. The van der Waals surface area contributed by atoms with Gasteiger partial charge in [-0.15, -0.1) is 0 Å². The summed E-state index contributed by atoms with van der Waals surface area (Å²) < 4.78 is 23.3. The summed E-state index contributed by atoms with van der Waals surface area (Å²) >= 11 is 0. The highest BCUT2D eigenvalue weighted by Crippen LogP contribution is 2.18. The molecule has 0 aliphatic rings. The van der Waals surface area contributed by atoms with Gasteiger partial charge in [-0.05, 0) is 29.8 Å². The Hall–Kier alpha value is -1.81. The Morgan fingerprint density at radius 1 is 1.29 bits per heavy atom. The van der Waals surface area contributed by atoms with Gasteiger partial charge in [0.2, 0.25) is 0 Å². The minimum atomic E-state index is -0.345. The van der Waals surface area contributed by atoms with Crippen LogP contribution in [0.2, 0.25) is 0 Å². The van der Waals surface area contributed by atoms with Crippen molar-refractivity contribution in [3.8, 4) is 5.75 Å². The minimum Gasteiger partial charge on any atom is -0.494 e. The molecule has 2 aromatic rings. The molecule has 0 radical (unpaired) electrons. The Balaban J connectivity index is 1.90. The summed E-state index contributed by atoms with van der Waals surface area (Å²) in [5.74, 6) is 0.795. The molecule has 1 heterocycles. The molecule has 0 saturated carbocycles. The van der Waals surface area contributed by atoms with Gasteiger partial charge < -0.3 is 14.5 Å². The lowest BCUT2D eigenvalue weighted by atomic mass is 10.2. The molecular weight excluding hydrogens is 221 g/mol. The lowest BCUT2D eigenvalue weighted by molar-refractivity contribution is 0.385. The number of ether oxygens (including phenoxy) is 1. The number of halogens is 1. The molecule has 0 spiro atoms. The van der Waals surface area contributed by atoms with Gasteiger partial charge in [0.15, 0.2) is 11.6 Å². The van der Waals surface area contributed by atoms with Crippen molar-refractivity contribution in [2.45, 2.75) is 13.1 Å². The predicted octanol–water partition coefficient (Wildman–Crippen LogP) is 2.72. The van der Waals surface area contributed by atoms with Crippen molar-refractivity contribution in [1.29, 1.82) is 0 Å². The fraction of sp³-hybridized carbons (Fsp3) is 0.231. The number of nitrogens with one attached hydrogen (secondary N) is 1. The van der Waals surface area contributed by atoms with Crippen molar-refractivity contribution in [1.82, 2.24) is 5.32 Å². The Morgan fingerprint density at radius 2 is 2.18 bits per heavy atom. The molecule has 90 valence electrons. The van der Waals surface area contributed by atoms with Crippen molar-refractivity contribution >= 4 is 0 Å². The molecule has 2 rings (SSSR count). The van der Waals surface area contributed by atoms with Gasteiger partial charge in [-0.3, -0.25) is 0 Å². The van der Waals surface area contributed by atoms with E-state index in [1.165, 1.54) is 13.2 Å². The van der Waals surface area contributed by atoms with Gasteiger partial charge in [0, 0.05) is 6.54 Å². The molecule has 3 nitrogen and oxygen atoms in total. The zero-order valence-electron chi connectivity index (χ0n) is 9.57. The molecule has 0 aliphatic heterocycles. The Labute approximate surface area is 99.2 Å². The van der Waals surface area contributed by atoms with Crippen LogP contribution in [0.15, 0.2) is 41.0 Å². The van der Waals surface area contributed by atoms with Crippen molar-refractivity contribution in [3.05, 3.63) is 53.7 Å². The number of hydrogen-bond acceptors (Lipinski definition) is 3. The average molecular weight is 235 g/mol. The molecule has 0 unspecified atom stereocenters. The van der Waals surface area contributed by atoms with Gasteiger partial charge in [0.25, 0.3) is 0 Å². The summed E-state index contributed by atoms with van der Waals surface area (Å²) in [6.45, 7) is 1.28. The van der Waals surface area contributed by atoms with Gasteiger partial charge >= 0.3 is 0 Å². The van der Waals surface area contributed by atoms with Gasteiger partial charge in [0.1, 0.15) is 5.76 Å². The standard InChI is InChI=1S/C13H14FNO2/c1-16-13-7-10(4-5-12(13)14)8-15-9-11-3-2-6-17-11/h2-7,15H,8-9H2,1H3. The smallest absolute Gasteiger partial charge is 0.165 e. The van der Waals surface area contributed by atoms with Crippen molar-refractivity contribution in [2.75, 3.05) is 7.11 Å². The summed E-state index contributed by atoms with van der Waals surface area (Å²) in [6, 6.07) is 8.57. The average Bonchev–Trinajstić information content (AvgIpc) is 2.84. The number of hydrogen-bond donors (Lipinski definition) is 1. The van der Waals surface area contributed by atoms with E-state index in [4.69, 9.17) is 9.15 Å². The summed E-state index contributed by atoms with van der Waals surface area (Å²) in [7, 11) is 1.46. The van der Waals surface area contributed by atoms with Crippen LogP contribution in [-0.4, -0.2) is 7.11 Å². The number of rotatable bonds is 5. The number of methoxy groups -OCH3 is 1. The summed E-state index contributed by atoms with van der Waals surface area (Å²) in [6.07, 6.45) is 1.64. The molecule has 1 aromatic carbocycles. The largest absolute Gasteiger partial charge is 0.494 e. The topological polar surface area (TPSA) is 34.4 Å². The fourth-order valence-electron chi connectivity index (χ4n) is 1.56. The predicted molar refractivity (Wildman–Crippen MR) is 62.2 cm³/mol. The second kappa shape index (κ2) is 5.50. The number of benzene rings is 1. The minimum absolute atomic E-state index is 0.266. The molecule has 1 N–H and O–H groups in total. The Kier molecular flexibility index (Phi) is 3.77. The molecular formula is C13H14FNO2. The third-order valence-electron chi connectivity index (χ3n) is 2.42. The zero-order chi connectivity index (χ0) is 12.1. The molecule has 0 amide bonds. The molecule has 17 heavy (non-hydrogen) atoms. The van der Waals surface area contributed by atoms with Gasteiger partial charge in [-0.1, -0.05) is 6.07 Å². The maximum Gasteiger partial charge on any atom is 0.165 e. The highest BCUT2D eigenvalue weighted by molar-refractivity contribution is 5.30. The highest BCUT2D eigenvalue weighted by atomic mass is 19.1. The molecule has 1 aromatic heterocycles. The zero-order valence-corrected chi connectivity index (χ0v) is 9.57. The second-order valence-corrected chi connectivity index (χ2v) is 3.65. The molecule has 0 fully saturated rings. The summed E-state index contributed by atoms with van der Waals surface area (Å²) in [5.41, 5.74) is 0.967. The van der Waals surface area contributed by atoms with E-state index in [1.54, 1.807) is 18.4 Å². The first-order valence-electron chi connectivity index (χ1n) is 5.35. The van der Waals surface area contributed by atoms with E-state index < -0.39 is 0 Å². The maximum absolute atomic E-state index is 13.2. The van der Waals surface area contributed by atoms with Gasteiger partial charge in [-0.25, -0.2) is 4.39 Å². The van der Waals surface area contributed by atoms with Crippen LogP contribution in [0.4, 0.5) is 4.39 Å². The first kappa shape index (κ1) is 11.7. The lowest BCUT2D eigenvalue weighted by Gasteiger charge is -2.06. The van der Waals surface area contributed by atoms with Crippen LogP contribution in [-0.2, 0) is 13.1 Å². The molecule has 0 aliphatic carbocycles. The quantitative estimate of drug-likeness (QED) is 0.865. The van der Waals surface area contributed by atoms with Crippen LogP contribution in [0.1, 0.15) is 11.3 Å². The lowest BCUT2D eigenvalue weighted by Crippen LogP contribution is -2.12. The molecule has 4 heteroatoms. The third-order valence-corrected chi connectivity index (χ3v) is 2.42. The van der Waals surface area contributed by atoms with E-state index in [1.807, 2.05) is 12.1 Å². The van der Waals surface area contributed by atoms with Crippen LogP contribution >= 0.6 is 0 Å². The van der Waals surface area contributed by atoms with E-state index in [2.05, 4.69) is 5.32 Å². The first-order valence-corrected chi connectivity index (χ1v) is 5.35. The van der Waals surface area contributed by atoms with Crippen molar-refractivity contribution in [2.24, 2.45) is 0 Å². The molecule has 0 saturated heterocycles. The highest BCUT2D eigenvalue weighted by Gasteiger charge is 2.03. The van der Waals surface area contributed by atoms with E-state index in [0.29, 0.717) is 13.1 Å². The van der Waals surface area contributed by atoms with Gasteiger partial charge in [0.05, 0.1) is 19.9 Å².